The molecule has 1 atom stereocenters. The quantitative estimate of drug-likeness (QED) is 0.590. The van der Waals surface area contributed by atoms with E-state index in [1.165, 1.54) is 38.5 Å². The van der Waals surface area contributed by atoms with Crippen LogP contribution in [0.25, 0.3) is 0 Å². The summed E-state index contributed by atoms with van der Waals surface area (Å²) in [4.78, 5) is 2.37. The maximum absolute atomic E-state index is 5.44. The van der Waals surface area contributed by atoms with Crippen molar-refractivity contribution in [3.63, 3.8) is 0 Å². The van der Waals surface area contributed by atoms with Crippen LogP contribution in [0.3, 0.4) is 0 Å². The van der Waals surface area contributed by atoms with Crippen molar-refractivity contribution in [2.24, 2.45) is 0 Å². The van der Waals surface area contributed by atoms with E-state index in [2.05, 4.69) is 24.1 Å². The minimum Gasteiger partial charge on any atom is -0.363 e. The van der Waals surface area contributed by atoms with Crippen LogP contribution < -0.4 is 5.32 Å². The molecule has 0 radical (unpaired) electrons. The second-order valence-corrected chi connectivity index (χ2v) is 4.86. The molecule has 1 unspecified atom stereocenters. The highest BCUT2D eigenvalue weighted by Gasteiger charge is 2.18. The monoisotopic (exact) mass is 228 g/mol. The summed E-state index contributed by atoms with van der Waals surface area (Å²) in [6.45, 7) is 6.66. The van der Waals surface area contributed by atoms with Gasteiger partial charge in [-0.3, -0.25) is 0 Å². The Hall–Kier alpha value is -0.310. The molecule has 3 heteroatoms. The summed E-state index contributed by atoms with van der Waals surface area (Å²) in [5.74, 6) is 0. The van der Waals surface area contributed by atoms with Gasteiger partial charge in [0.2, 0.25) is 0 Å². The largest absolute Gasteiger partial charge is 0.363 e. The Kier molecular flexibility index (Phi) is 5.99. The number of hydrogen-bond donors (Lipinski definition) is 1. The number of thiocarbonyl (C=S) groups is 1. The van der Waals surface area contributed by atoms with E-state index in [4.69, 9.17) is 12.2 Å². The average Bonchev–Trinajstić information content (AvgIpc) is 2.43. The van der Waals surface area contributed by atoms with E-state index in [0.29, 0.717) is 6.04 Å². The maximum Gasteiger partial charge on any atom is 0.169 e. The van der Waals surface area contributed by atoms with Gasteiger partial charge in [0.1, 0.15) is 0 Å². The highest BCUT2D eigenvalue weighted by molar-refractivity contribution is 7.80. The van der Waals surface area contributed by atoms with Crippen molar-refractivity contribution in [3.8, 4) is 0 Å². The SMILES string of the molecule is CCCCNC(=S)N1CCCCCC1C. The van der Waals surface area contributed by atoms with Gasteiger partial charge in [0, 0.05) is 19.1 Å². The van der Waals surface area contributed by atoms with Crippen molar-refractivity contribution >= 4 is 17.3 Å². The molecule has 15 heavy (non-hydrogen) atoms. The second-order valence-electron chi connectivity index (χ2n) is 4.48. The zero-order chi connectivity index (χ0) is 11.1. The lowest BCUT2D eigenvalue weighted by Gasteiger charge is -2.30. The Morgan fingerprint density at radius 3 is 2.93 bits per heavy atom. The van der Waals surface area contributed by atoms with Crippen molar-refractivity contribution in [1.29, 1.82) is 0 Å². The second kappa shape index (κ2) is 7.04. The molecule has 1 heterocycles. The van der Waals surface area contributed by atoms with Crippen LogP contribution in [-0.4, -0.2) is 29.1 Å². The summed E-state index contributed by atoms with van der Waals surface area (Å²) in [5, 5.41) is 4.34. The molecular formula is C12H24N2S. The third-order valence-corrected chi connectivity index (χ3v) is 3.50. The Morgan fingerprint density at radius 2 is 2.20 bits per heavy atom. The molecule has 1 N–H and O–H groups in total. The van der Waals surface area contributed by atoms with E-state index >= 15 is 0 Å². The minimum atomic E-state index is 0.620. The molecule has 0 bridgehead atoms. The molecule has 0 spiro atoms. The maximum atomic E-state index is 5.44. The van der Waals surface area contributed by atoms with E-state index in [0.717, 1.165) is 18.2 Å². The Balaban J connectivity index is 2.34. The molecule has 1 fully saturated rings. The van der Waals surface area contributed by atoms with Crippen LogP contribution in [0.15, 0.2) is 0 Å². The first kappa shape index (κ1) is 12.8. The number of hydrogen-bond acceptors (Lipinski definition) is 1. The number of unbranched alkanes of at least 4 members (excludes halogenated alkanes) is 1. The molecule has 0 aliphatic carbocycles. The first-order chi connectivity index (χ1) is 7.25. The summed E-state index contributed by atoms with van der Waals surface area (Å²) in [6, 6.07) is 0.620. The number of likely N-dealkylation sites (tertiary alicyclic amines) is 1. The molecule has 0 aromatic carbocycles. The minimum absolute atomic E-state index is 0.620. The van der Waals surface area contributed by atoms with E-state index in [-0.39, 0.29) is 0 Å². The normalized spacial score (nSPS) is 22.3. The van der Waals surface area contributed by atoms with Crippen LogP contribution in [0.4, 0.5) is 0 Å². The van der Waals surface area contributed by atoms with Crippen LogP contribution in [0, 0.1) is 0 Å². The van der Waals surface area contributed by atoms with Gasteiger partial charge in [-0.25, -0.2) is 0 Å². The first-order valence-corrected chi connectivity index (χ1v) is 6.71. The molecule has 1 aliphatic heterocycles. The van der Waals surface area contributed by atoms with Gasteiger partial charge in [0.15, 0.2) is 5.11 Å². The fourth-order valence-electron chi connectivity index (χ4n) is 2.05. The summed E-state index contributed by atoms with van der Waals surface area (Å²) >= 11 is 5.44. The Labute approximate surface area is 99.4 Å². The van der Waals surface area contributed by atoms with Gasteiger partial charge in [-0.1, -0.05) is 26.2 Å². The lowest BCUT2D eigenvalue weighted by Crippen LogP contribution is -2.44. The van der Waals surface area contributed by atoms with Crippen LogP contribution in [0.2, 0.25) is 0 Å². The highest BCUT2D eigenvalue weighted by atomic mass is 32.1. The van der Waals surface area contributed by atoms with Crippen molar-refractivity contribution < 1.29 is 0 Å². The van der Waals surface area contributed by atoms with Gasteiger partial charge in [0.25, 0.3) is 0 Å². The summed E-state index contributed by atoms with van der Waals surface area (Å²) in [7, 11) is 0. The predicted octanol–water partition coefficient (Wildman–Crippen LogP) is 2.93. The van der Waals surface area contributed by atoms with E-state index < -0.39 is 0 Å². The molecule has 0 aromatic heterocycles. The van der Waals surface area contributed by atoms with Gasteiger partial charge >= 0.3 is 0 Å². The Bertz CT molecular complexity index is 194. The topological polar surface area (TPSA) is 15.3 Å². The third-order valence-electron chi connectivity index (χ3n) is 3.12. The molecule has 2 nitrogen and oxygen atoms in total. The van der Waals surface area contributed by atoms with Crippen LogP contribution in [0.1, 0.15) is 52.4 Å². The smallest absolute Gasteiger partial charge is 0.169 e. The summed E-state index contributed by atoms with van der Waals surface area (Å²) < 4.78 is 0. The molecule has 88 valence electrons. The fourth-order valence-corrected chi connectivity index (χ4v) is 2.42. The molecule has 1 saturated heterocycles. The van der Waals surface area contributed by atoms with Gasteiger partial charge < -0.3 is 10.2 Å². The molecule has 0 amide bonds. The van der Waals surface area contributed by atoms with Gasteiger partial charge in [-0.2, -0.15) is 0 Å². The van der Waals surface area contributed by atoms with Gasteiger partial charge in [-0.05, 0) is 38.4 Å². The average molecular weight is 228 g/mol. The van der Waals surface area contributed by atoms with Crippen molar-refractivity contribution in [2.45, 2.75) is 58.4 Å². The predicted molar refractivity (Wildman–Crippen MR) is 70.1 cm³/mol. The van der Waals surface area contributed by atoms with E-state index in [9.17, 15) is 0 Å². The zero-order valence-corrected chi connectivity index (χ0v) is 10.9. The molecule has 1 aliphatic rings. The van der Waals surface area contributed by atoms with Crippen LogP contribution >= 0.6 is 12.2 Å². The van der Waals surface area contributed by atoms with E-state index in [1.54, 1.807) is 0 Å². The first-order valence-electron chi connectivity index (χ1n) is 6.30. The summed E-state index contributed by atoms with van der Waals surface area (Å²) in [6.07, 6.45) is 7.73. The number of rotatable bonds is 3. The zero-order valence-electron chi connectivity index (χ0n) is 10.1. The molecule has 0 saturated carbocycles. The van der Waals surface area contributed by atoms with Crippen LogP contribution in [-0.2, 0) is 0 Å². The van der Waals surface area contributed by atoms with Crippen molar-refractivity contribution in [1.82, 2.24) is 10.2 Å². The summed E-state index contributed by atoms with van der Waals surface area (Å²) in [5.41, 5.74) is 0. The van der Waals surface area contributed by atoms with E-state index in [1.807, 2.05) is 0 Å². The Morgan fingerprint density at radius 1 is 1.40 bits per heavy atom. The third kappa shape index (κ3) is 4.37. The lowest BCUT2D eigenvalue weighted by molar-refractivity contribution is 0.331. The van der Waals surface area contributed by atoms with Crippen molar-refractivity contribution in [3.05, 3.63) is 0 Å². The van der Waals surface area contributed by atoms with Crippen LogP contribution in [0.5, 0.6) is 0 Å². The lowest BCUT2D eigenvalue weighted by atomic mass is 10.1. The van der Waals surface area contributed by atoms with Gasteiger partial charge in [-0.15, -0.1) is 0 Å². The molecule has 0 aromatic rings. The van der Waals surface area contributed by atoms with Crippen molar-refractivity contribution in [2.75, 3.05) is 13.1 Å². The number of nitrogens with zero attached hydrogens (tertiary/aromatic N) is 1. The number of nitrogens with one attached hydrogen (secondary N) is 1. The highest BCUT2D eigenvalue weighted by Crippen LogP contribution is 2.16. The standard InChI is InChI=1S/C12H24N2S/c1-3-4-9-13-12(15)14-10-7-5-6-8-11(14)2/h11H,3-10H2,1-2H3,(H,13,15). The molecular weight excluding hydrogens is 204 g/mol. The fraction of sp³-hybridized carbons (Fsp3) is 0.917. The van der Waals surface area contributed by atoms with Gasteiger partial charge in [0.05, 0.1) is 0 Å². The molecule has 1 rings (SSSR count).